The highest BCUT2D eigenvalue weighted by molar-refractivity contribution is 8.11. The first-order chi connectivity index (χ1) is 11.2. The molecule has 0 saturated heterocycles. The fraction of sp³-hybridized carbons (Fsp3) is 0.706. The molecule has 6 heteroatoms. The van der Waals surface area contributed by atoms with E-state index in [0.717, 1.165) is 28.1 Å². The number of ether oxygens (including phenoxy) is 1. The topological polar surface area (TPSA) is 29.5 Å². The summed E-state index contributed by atoms with van der Waals surface area (Å²) in [5.41, 5.74) is 0. The van der Waals surface area contributed by atoms with E-state index in [9.17, 15) is 4.79 Å². The van der Waals surface area contributed by atoms with Gasteiger partial charge in [-0.2, -0.15) is 0 Å². The second-order valence-electron chi connectivity index (χ2n) is 6.10. The quantitative estimate of drug-likeness (QED) is 0.631. The van der Waals surface area contributed by atoms with Crippen molar-refractivity contribution in [2.24, 2.45) is 5.92 Å². The molecule has 3 rings (SSSR count). The van der Waals surface area contributed by atoms with E-state index < -0.39 is 0 Å². The Bertz CT molecular complexity index is 524. The maximum Gasteiger partial charge on any atom is 0.347 e. The highest BCUT2D eigenvalue weighted by Gasteiger charge is 2.36. The minimum atomic E-state index is -0.149. The standard InChI is InChI=1S/C17H25NO2S3/c1-3-20-17(19)14-16-18(9-10-22-14)15(21-2)13(23-16)11-12-7-5-4-6-8-12/h12H,3-11H2,1-2H3. The largest absolute Gasteiger partial charge is 0.462 e. The van der Waals surface area contributed by atoms with Crippen molar-refractivity contribution >= 4 is 41.3 Å². The number of rotatable bonds is 5. The number of carbonyl (C=O) groups is 1. The summed E-state index contributed by atoms with van der Waals surface area (Å²) in [6, 6.07) is 0. The second-order valence-corrected chi connectivity index (χ2v) is 9.08. The van der Waals surface area contributed by atoms with Crippen molar-refractivity contribution in [1.29, 1.82) is 0 Å². The minimum Gasteiger partial charge on any atom is -0.462 e. The molecule has 2 aliphatic heterocycles. The van der Waals surface area contributed by atoms with Crippen LogP contribution in [0.25, 0.3) is 0 Å². The van der Waals surface area contributed by atoms with Gasteiger partial charge < -0.3 is 9.64 Å². The molecule has 1 aliphatic carbocycles. The molecule has 3 nitrogen and oxygen atoms in total. The van der Waals surface area contributed by atoms with Gasteiger partial charge in [-0.15, -0.1) is 23.5 Å². The zero-order valence-electron chi connectivity index (χ0n) is 13.9. The third-order valence-corrected chi connectivity index (χ3v) is 7.93. The molecule has 23 heavy (non-hydrogen) atoms. The van der Waals surface area contributed by atoms with Gasteiger partial charge in [0.25, 0.3) is 0 Å². The summed E-state index contributed by atoms with van der Waals surface area (Å²) < 4.78 is 5.26. The predicted octanol–water partition coefficient (Wildman–Crippen LogP) is 5.02. The normalized spacial score (nSPS) is 22.6. The number of carbonyl (C=O) groups excluding carboxylic acids is 1. The first-order valence-electron chi connectivity index (χ1n) is 8.51. The summed E-state index contributed by atoms with van der Waals surface area (Å²) in [4.78, 5) is 16.9. The maximum absolute atomic E-state index is 12.3. The lowest BCUT2D eigenvalue weighted by Gasteiger charge is -2.27. The van der Waals surface area contributed by atoms with Crippen LogP contribution in [0.5, 0.6) is 0 Å². The molecule has 1 saturated carbocycles. The molecule has 0 aromatic heterocycles. The van der Waals surface area contributed by atoms with Crippen LogP contribution in [-0.4, -0.2) is 36.0 Å². The fourth-order valence-electron chi connectivity index (χ4n) is 3.48. The van der Waals surface area contributed by atoms with Crippen molar-refractivity contribution in [3.63, 3.8) is 0 Å². The number of thioether (sulfide) groups is 3. The summed E-state index contributed by atoms with van der Waals surface area (Å²) >= 11 is 5.31. The summed E-state index contributed by atoms with van der Waals surface area (Å²) in [5.74, 6) is 1.64. The first kappa shape index (κ1) is 17.6. The Hall–Kier alpha value is -0.200. The number of hydrogen-bond donors (Lipinski definition) is 0. The van der Waals surface area contributed by atoms with Crippen LogP contribution in [0.2, 0.25) is 0 Å². The Labute approximate surface area is 152 Å². The van der Waals surface area contributed by atoms with Crippen LogP contribution in [-0.2, 0) is 9.53 Å². The van der Waals surface area contributed by atoms with Crippen LogP contribution in [0.15, 0.2) is 19.9 Å². The molecule has 0 spiro atoms. The molecular weight excluding hydrogens is 346 g/mol. The summed E-state index contributed by atoms with van der Waals surface area (Å²) in [5, 5.41) is 2.49. The SMILES string of the molecule is CCOC(=O)C1=C2SC(CC3CCCCC3)=C(SC)N2CCS1. The third kappa shape index (κ3) is 3.90. The first-order valence-corrected chi connectivity index (χ1v) is 11.5. The number of allylic oxidation sites excluding steroid dienone is 1. The molecule has 0 unspecified atom stereocenters. The molecule has 128 valence electrons. The molecule has 2 heterocycles. The molecule has 1 fully saturated rings. The van der Waals surface area contributed by atoms with Crippen molar-refractivity contribution in [3.8, 4) is 0 Å². The highest BCUT2D eigenvalue weighted by Crippen LogP contribution is 2.52. The lowest BCUT2D eigenvalue weighted by molar-refractivity contribution is -0.137. The van der Waals surface area contributed by atoms with Crippen molar-refractivity contribution < 1.29 is 9.53 Å². The summed E-state index contributed by atoms with van der Waals surface area (Å²) in [6.45, 7) is 3.31. The molecule has 0 N–H and O–H groups in total. The van der Waals surface area contributed by atoms with Crippen molar-refractivity contribution in [3.05, 3.63) is 19.9 Å². The average molecular weight is 372 g/mol. The van der Waals surface area contributed by atoms with Gasteiger partial charge in [-0.25, -0.2) is 4.79 Å². The fourth-order valence-corrected chi connectivity index (χ4v) is 7.04. The molecule has 0 amide bonds. The van der Waals surface area contributed by atoms with Crippen LogP contribution >= 0.6 is 35.3 Å². The second kappa shape index (κ2) is 8.26. The van der Waals surface area contributed by atoms with E-state index in [1.54, 1.807) is 11.8 Å². The van der Waals surface area contributed by atoms with Crippen LogP contribution in [0, 0.1) is 5.92 Å². The van der Waals surface area contributed by atoms with Gasteiger partial charge in [-0.05, 0) is 25.5 Å². The van der Waals surface area contributed by atoms with Crippen LogP contribution in [0.1, 0.15) is 45.4 Å². The molecule has 3 aliphatic rings. The van der Waals surface area contributed by atoms with Gasteiger partial charge in [-0.3, -0.25) is 0 Å². The Morgan fingerprint density at radius 3 is 2.83 bits per heavy atom. The maximum atomic E-state index is 12.3. The van der Waals surface area contributed by atoms with E-state index in [1.165, 1.54) is 48.5 Å². The van der Waals surface area contributed by atoms with Crippen molar-refractivity contribution in [2.75, 3.05) is 25.2 Å². The van der Waals surface area contributed by atoms with Gasteiger partial charge in [0.1, 0.15) is 9.93 Å². The Balaban J connectivity index is 1.80. The lowest BCUT2D eigenvalue weighted by Crippen LogP contribution is -2.26. The number of nitrogens with zero attached hydrogens (tertiary/aromatic N) is 1. The Morgan fingerprint density at radius 2 is 2.13 bits per heavy atom. The summed E-state index contributed by atoms with van der Waals surface area (Å²) in [7, 11) is 0. The van der Waals surface area contributed by atoms with Gasteiger partial charge in [0.05, 0.1) is 11.6 Å². The van der Waals surface area contributed by atoms with Crippen LogP contribution in [0.4, 0.5) is 0 Å². The van der Waals surface area contributed by atoms with E-state index in [-0.39, 0.29) is 5.97 Å². The van der Waals surface area contributed by atoms with E-state index >= 15 is 0 Å². The molecule has 0 atom stereocenters. The van der Waals surface area contributed by atoms with E-state index in [0.29, 0.717) is 6.61 Å². The molecule has 0 aromatic carbocycles. The molecule has 0 aromatic rings. The summed E-state index contributed by atoms with van der Waals surface area (Å²) in [6.07, 6.45) is 10.2. The number of fused-ring (bicyclic) bond motifs is 1. The molecule has 0 bridgehead atoms. The van der Waals surface area contributed by atoms with Crippen LogP contribution < -0.4 is 0 Å². The highest BCUT2D eigenvalue weighted by atomic mass is 32.2. The van der Waals surface area contributed by atoms with E-state index in [1.807, 2.05) is 30.4 Å². The zero-order valence-corrected chi connectivity index (χ0v) is 16.4. The van der Waals surface area contributed by atoms with Gasteiger partial charge in [0.15, 0.2) is 0 Å². The van der Waals surface area contributed by atoms with Crippen LogP contribution in [0.3, 0.4) is 0 Å². The predicted molar refractivity (Wildman–Crippen MR) is 102 cm³/mol. The minimum absolute atomic E-state index is 0.149. The van der Waals surface area contributed by atoms with Crippen molar-refractivity contribution in [1.82, 2.24) is 4.90 Å². The van der Waals surface area contributed by atoms with E-state index in [2.05, 4.69) is 11.2 Å². The van der Waals surface area contributed by atoms with Gasteiger partial charge >= 0.3 is 5.97 Å². The number of hydrogen-bond acceptors (Lipinski definition) is 6. The molecular formula is C17H25NO2S3. The molecule has 0 radical (unpaired) electrons. The smallest absolute Gasteiger partial charge is 0.347 e. The number of esters is 1. The average Bonchev–Trinajstić information content (AvgIpc) is 2.92. The zero-order chi connectivity index (χ0) is 16.2. The third-order valence-electron chi connectivity index (χ3n) is 4.56. The Kier molecular flexibility index (Phi) is 6.32. The monoisotopic (exact) mass is 371 g/mol. The van der Waals surface area contributed by atoms with Gasteiger partial charge in [0, 0.05) is 17.2 Å². The van der Waals surface area contributed by atoms with Gasteiger partial charge in [-0.1, -0.05) is 43.9 Å². The van der Waals surface area contributed by atoms with E-state index in [4.69, 9.17) is 4.74 Å². The van der Waals surface area contributed by atoms with Gasteiger partial charge in [0.2, 0.25) is 0 Å². The Morgan fingerprint density at radius 1 is 1.35 bits per heavy atom. The van der Waals surface area contributed by atoms with Crippen molar-refractivity contribution in [2.45, 2.75) is 45.4 Å². The lowest BCUT2D eigenvalue weighted by atomic mass is 9.87.